The summed E-state index contributed by atoms with van der Waals surface area (Å²) in [5, 5.41) is 0. The van der Waals surface area contributed by atoms with Crippen LogP contribution in [0.3, 0.4) is 0 Å². The molecule has 1 aromatic rings. The molecule has 3 aliphatic rings. The lowest BCUT2D eigenvalue weighted by Gasteiger charge is -2.33. The first-order valence-electron chi connectivity index (χ1n) is 9.79. The molecule has 3 aliphatic heterocycles. The summed E-state index contributed by atoms with van der Waals surface area (Å²) in [5.41, 5.74) is 1.86. The molecule has 3 heterocycles. The normalized spacial score (nSPS) is 22.0. The Morgan fingerprint density at radius 1 is 1.00 bits per heavy atom. The summed E-state index contributed by atoms with van der Waals surface area (Å²) in [4.78, 5) is 17.3. The molecule has 0 aromatic heterocycles. The minimum absolute atomic E-state index is 0.123. The zero-order valence-electron chi connectivity index (χ0n) is 15.6. The SMILES string of the molecule is O=C(CN1CCSCC1)N1CCCc2cc(S(=O)(=O)N3CCCC3)ccc21. The Balaban J connectivity index is 1.53. The van der Waals surface area contributed by atoms with Gasteiger partial charge in [-0.3, -0.25) is 9.69 Å². The van der Waals surface area contributed by atoms with Gasteiger partial charge in [-0.25, -0.2) is 8.42 Å². The zero-order chi connectivity index (χ0) is 18.9. The van der Waals surface area contributed by atoms with Gasteiger partial charge in [0.15, 0.2) is 0 Å². The highest BCUT2D eigenvalue weighted by Gasteiger charge is 2.30. The van der Waals surface area contributed by atoms with Crippen molar-refractivity contribution < 1.29 is 13.2 Å². The molecule has 0 saturated carbocycles. The Morgan fingerprint density at radius 2 is 1.74 bits per heavy atom. The summed E-state index contributed by atoms with van der Waals surface area (Å²) in [5.74, 6) is 2.29. The lowest BCUT2D eigenvalue weighted by Crippen LogP contribution is -2.45. The molecule has 8 heteroatoms. The van der Waals surface area contributed by atoms with Crippen LogP contribution >= 0.6 is 11.8 Å². The number of rotatable bonds is 4. The first-order chi connectivity index (χ1) is 13.1. The van der Waals surface area contributed by atoms with Crippen LogP contribution in [0.15, 0.2) is 23.1 Å². The van der Waals surface area contributed by atoms with Gasteiger partial charge in [0.25, 0.3) is 0 Å². The minimum Gasteiger partial charge on any atom is -0.311 e. The lowest BCUT2D eigenvalue weighted by molar-refractivity contribution is -0.119. The van der Waals surface area contributed by atoms with Gasteiger partial charge in [0, 0.05) is 49.9 Å². The third-order valence-electron chi connectivity index (χ3n) is 5.64. The van der Waals surface area contributed by atoms with Gasteiger partial charge in [0.05, 0.1) is 11.4 Å². The van der Waals surface area contributed by atoms with Crippen molar-refractivity contribution in [3.63, 3.8) is 0 Å². The van der Waals surface area contributed by atoms with Gasteiger partial charge in [-0.2, -0.15) is 16.1 Å². The molecule has 2 fully saturated rings. The molecular formula is C19H27N3O3S2. The van der Waals surface area contributed by atoms with E-state index in [9.17, 15) is 13.2 Å². The Morgan fingerprint density at radius 3 is 2.48 bits per heavy atom. The maximum atomic E-state index is 12.9. The van der Waals surface area contributed by atoms with E-state index in [4.69, 9.17) is 0 Å². The molecule has 0 N–H and O–H groups in total. The zero-order valence-corrected chi connectivity index (χ0v) is 17.2. The van der Waals surface area contributed by atoms with Crippen LogP contribution in [-0.4, -0.2) is 74.3 Å². The highest BCUT2D eigenvalue weighted by Crippen LogP contribution is 2.31. The standard InChI is InChI=1S/C19H27N3O3S2/c23-19(15-20-10-12-26-13-11-20)22-9-3-4-16-14-17(5-6-18(16)22)27(24,25)21-7-1-2-8-21/h5-6,14H,1-4,7-13,15H2. The van der Waals surface area contributed by atoms with Crippen LogP contribution in [0.25, 0.3) is 0 Å². The van der Waals surface area contributed by atoms with E-state index in [1.165, 1.54) is 0 Å². The van der Waals surface area contributed by atoms with Gasteiger partial charge >= 0.3 is 0 Å². The Kier molecular flexibility index (Phi) is 5.78. The Bertz CT molecular complexity index is 800. The molecule has 1 aromatic carbocycles. The average Bonchev–Trinajstić information content (AvgIpc) is 3.23. The number of benzene rings is 1. The molecule has 0 atom stereocenters. The van der Waals surface area contributed by atoms with Crippen molar-refractivity contribution >= 4 is 33.4 Å². The number of thioether (sulfide) groups is 1. The maximum Gasteiger partial charge on any atom is 0.243 e. The van der Waals surface area contributed by atoms with Crippen molar-refractivity contribution in [1.29, 1.82) is 0 Å². The van der Waals surface area contributed by atoms with Crippen LogP contribution in [-0.2, 0) is 21.2 Å². The molecule has 0 spiro atoms. The number of fused-ring (bicyclic) bond motifs is 1. The van der Waals surface area contributed by atoms with Gasteiger partial charge < -0.3 is 4.90 Å². The summed E-state index contributed by atoms with van der Waals surface area (Å²) in [7, 11) is -3.41. The predicted molar refractivity (Wildman–Crippen MR) is 109 cm³/mol. The second-order valence-electron chi connectivity index (χ2n) is 7.44. The van der Waals surface area contributed by atoms with Crippen molar-refractivity contribution in [3.8, 4) is 0 Å². The first kappa shape index (κ1) is 19.2. The monoisotopic (exact) mass is 409 g/mol. The molecule has 148 valence electrons. The topological polar surface area (TPSA) is 60.9 Å². The third kappa shape index (κ3) is 4.04. The molecule has 0 bridgehead atoms. The van der Waals surface area contributed by atoms with E-state index in [0.29, 0.717) is 31.1 Å². The quantitative estimate of drug-likeness (QED) is 0.759. The number of nitrogens with zero attached hydrogens (tertiary/aromatic N) is 3. The van der Waals surface area contributed by atoms with Crippen molar-refractivity contribution in [2.24, 2.45) is 0 Å². The second-order valence-corrected chi connectivity index (χ2v) is 10.6. The van der Waals surface area contributed by atoms with Gasteiger partial charge in [-0.15, -0.1) is 0 Å². The third-order valence-corrected chi connectivity index (χ3v) is 8.47. The number of anilines is 1. The minimum atomic E-state index is -3.41. The van der Waals surface area contributed by atoms with Crippen LogP contribution in [0.5, 0.6) is 0 Å². The van der Waals surface area contributed by atoms with Crippen LogP contribution in [0, 0.1) is 0 Å². The fraction of sp³-hybridized carbons (Fsp3) is 0.632. The smallest absolute Gasteiger partial charge is 0.243 e. The predicted octanol–water partition coefficient (Wildman–Crippen LogP) is 1.80. The average molecular weight is 410 g/mol. The number of sulfonamides is 1. The summed E-state index contributed by atoms with van der Waals surface area (Å²) in [6, 6.07) is 5.30. The number of amides is 1. The molecule has 0 radical (unpaired) electrons. The Hall–Kier alpha value is -1.09. The number of aryl methyl sites for hydroxylation is 1. The fourth-order valence-electron chi connectivity index (χ4n) is 4.11. The van der Waals surface area contributed by atoms with E-state index in [1.807, 2.05) is 22.7 Å². The molecule has 4 rings (SSSR count). The number of carbonyl (C=O) groups is 1. The Labute approximate surface area is 165 Å². The largest absolute Gasteiger partial charge is 0.311 e. The van der Waals surface area contributed by atoms with E-state index in [2.05, 4.69) is 4.90 Å². The maximum absolute atomic E-state index is 12.9. The van der Waals surface area contributed by atoms with E-state index in [-0.39, 0.29) is 5.91 Å². The van der Waals surface area contributed by atoms with Gasteiger partial charge in [0.2, 0.25) is 15.9 Å². The highest BCUT2D eigenvalue weighted by atomic mass is 32.2. The van der Waals surface area contributed by atoms with Gasteiger partial charge in [-0.05, 0) is 49.4 Å². The number of hydrogen-bond donors (Lipinski definition) is 0. The summed E-state index contributed by atoms with van der Waals surface area (Å²) >= 11 is 1.94. The molecule has 6 nitrogen and oxygen atoms in total. The van der Waals surface area contributed by atoms with Crippen molar-refractivity contribution in [2.45, 2.75) is 30.6 Å². The van der Waals surface area contributed by atoms with E-state index < -0.39 is 10.0 Å². The molecule has 27 heavy (non-hydrogen) atoms. The molecule has 1 amide bonds. The summed E-state index contributed by atoms with van der Waals surface area (Å²) in [6.07, 6.45) is 3.56. The van der Waals surface area contributed by atoms with Crippen LogP contribution in [0.1, 0.15) is 24.8 Å². The van der Waals surface area contributed by atoms with Crippen molar-refractivity contribution in [3.05, 3.63) is 23.8 Å². The van der Waals surface area contributed by atoms with E-state index in [0.717, 1.165) is 61.5 Å². The van der Waals surface area contributed by atoms with E-state index in [1.54, 1.807) is 16.4 Å². The lowest BCUT2D eigenvalue weighted by atomic mass is 10.0. The summed E-state index contributed by atoms with van der Waals surface area (Å²) in [6.45, 7) is 4.31. The molecular weight excluding hydrogens is 382 g/mol. The van der Waals surface area contributed by atoms with Crippen molar-refractivity contribution in [1.82, 2.24) is 9.21 Å². The van der Waals surface area contributed by atoms with Gasteiger partial charge in [0.1, 0.15) is 0 Å². The second kappa shape index (κ2) is 8.11. The van der Waals surface area contributed by atoms with Crippen LogP contribution in [0.4, 0.5) is 5.69 Å². The van der Waals surface area contributed by atoms with E-state index >= 15 is 0 Å². The van der Waals surface area contributed by atoms with Crippen LogP contribution in [0.2, 0.25) is 0 Å². The number of carbonyl (C=O) groups excluding carboxylic acids is 1. The van der Waals surface area contributed by atoms with Crippen molar-refractivity contribution in [2.75, 3.05) is 55.7 Å². The molecule has 0 aliphatic carbocycles. The highest BCUT2D eigenvalue weighted by molar-refractivity contribution is 7.99. The summed E-state index contributed by atoms with van der Waals surface area (Å²) < 4.78 is 27.2. The van der Waals surface area contributed by atoms with Crippen LogP contribution < -0.4 is 4.90 Å². The number of hydrogen-bond acceptors (Lipinski definition) is 5. The molecule has 2 saturated heterocycles. The van der Waals surface area contributed by atoms with Gasteiger partial charge in [-0.1, -0.05) is 0 Å². The molecule has 0 unspecified atom stereocenters. The first-order valence-corrected chi connectivity index (χ1v) is 12.4. The fourth-order valence-corrected chi connectivity index (χ4v) is 6.65.